The van der Waals surface area contributed by atoms with E-state index < -0.39 is 11.6 Å². The second kappa shape index (κ2) is 9.03. The summed E-state index contributed by atoms with van der Waals surface area (Å²) in [5.74, 6) is -0.766. The van der Waals surface area contributed by atoms with Gasteiger partial charge in [0.25, 0.3) is 5.91 Å². The number of ether oxygens (including phenoxy) is 1. The zero-order valence-electron chi connectivity index (χ0n) is 15.0. The lowest BCUT2D eigenvalue weighted by Crippen LogP contribution is -2.30. The average molecular weight is 361 g/mol. The van der Waals surface area contributed by atoms with Gasteiger partial charge in [0.2, 0.25) is 0 Å². The van der Waals surface area contributed by atoms with Crippen LogP contribution in [0, 0.1) is 6.92 Å². The topological polar surface area (TPSA) is 106 Å². The van der Waals surface area contributed by atoms with Gasteiger partial charge in [0.1, 0.15) is 11.3 Å². The predicted molar refractivity (Wildman–Crippen MR) is 96.6 cm³/mol. The second-order valence-corrected chi connectivity index (χ2v) is 6.04. The van der Waals surface area contributed by atoms with E-state index in [0.717, 1.165) is 23.8 Å². The summed E-state index contributed by atoms with van der Waals surface area (Å²) < 4.78 is 10.9. The molecule has 0 aliphatic rings. The first-order valence-corrected chi connectivity index (χ1v) is 8.60. The van der Waals surface area contributed by atoms with Gasteiger partial charge in [-0.2, -0.15) is 0 Å². The monoisotopic (exact) mass is 361 g/mol. The summed E-state index contributed by atoms with van der Waals surface area (Å²) in [6, 6.07) is 5.10. The predicted octanol–water partition coefficient (Wildman–Crippen LogP) is 2.41. The molecule has 0 spiro atoms. The van der Waals surface area contributed by atoms with Gasteiger partial charge in [0.05, 0.1) is 0 Å². The van der Waals surface area contributed by atoms with Crippen LogP contribution in [-0.2, 0) is 16.0 Å². The molecule has 140 valence electrons. The van der Waals surface area contributed by atoms with Crippen LogP contribution < -0.4 is 15.7 Å². The Hall–Kier alpha value is -2.83. The molecule has 0 aliphatic carbocycles. The van der Waals surface area contributed by atoms with Gasteiger partial charge in [-0.1, -0.05) is 13.3 Å². The maximum absolute atomic E-state index is 11.8. The molecular formula is C19H23NO6. The van der Waals surface area contributed by atoms with Gasteiger partial charge in [-0.3, -0.25) is 9.59 Å². The van der Waals surface area contributed by atoms with Crippen LogP contribution in [0.25, 0.3) is 11.0 Å². The number of aliphatic carboxylic acids is 1. The molecule has 0 bridgehead atoms. The van der Waals surface area contributed by atoms with Gasteiger partial charge < -0.3 is 19.6 Å². The molecule has 2 rings (SSSR count). The van der Waals surface area contributed by atoms with Crippen molar-refractivity contribution in [2.45, 2.75) is 39.5 Å². The minimum atomic E-state index is -0.897. The van der Waals surface area contributed by atoms with Crippen molar-refractivity contribution in [1.82, 2.24) is 5.32 Å². The molecule has 0 saturated heterocycles. The number of nitrogens with one attached hydrogen (secondary N) is 1. The zero-order chi connectivity index (χ0) is 19.1. The number of carbonyl (C=O) groups excluding carboxylic acids is 1. The number of fused-ring (bicyclic) bond motifs is 1. The zero-order valence-corrected chi connectivity index (χ0v) is 15.0. The van der Waals surface area contributed by atoms with E-state index in [1.54, 1.807) is 13.0 Å². The van der Waals surface area contributed by atoms with Crippen LogP contribution in [0.4, 0.5) is 0 Å². The lowest BCUT2D eigenvalue weighted by molar-refractivity contribution is -0.137. The minimum absolute atomic E-state index is 0.00401. The number of carboxylic acids is 1. The number of carbonyl (C=O) groups is 2. The fraction of sp³-hybridized carbons (Fsp3) is 0.421. The number of carboxylic acid groups (broad SMARTS) is 1. The normalized spacial score (nSPS) is 10.7. The number of amides is 1. The molecule has 0 saturated carbocycles. The van der Waals surface area contributed by atoms with E-state index in [1.165, 1.54) is 6.07 Å². The van der Waals surface area contributed by atoms with Crippen LogP contribution in [-0.4, -0.2) is 30.1 Å². The van der Waals surface area contributed by atoms with Crippen LogP contribution in [0.15, 0.2) is 27.4 Å². The first-order chi connectivity index (χ1) is 12.4. The fourth-order valence-corrected chi connectivity index (χ4v) is 2.70. The van der Waals surface area contributed by atoms with Crippen LogP contribution >= 0.6 is 0 Å². The first kappa shape index (κ1) is 19.5. The molecule has 1 amide bonds. The summed E-state index contributed by atoms with van der Waals surface area (Å²) >= 11 is 0. The molecule has 0 unspecified atom stereocenters. The fourth-order valence-electron chi connectivity index (χ4n) is 2.70. The Morgan fingerprint density at radius 2 is 2.08 bits per heavy atom. The molecule has 2 N–H and O–H groups in total. The molecule has 7 heteroatoms. The molecule has 2 aromatic rings. The van der Waals surface area contributed by atoms with Gasteiger partial charge in [-0.05, 0) is 37.5 Å². The molecule has 0 radical (unpaired) electrons. The third-order valence-corrected chi connectivity index (χ3v) is 3.96. The molecule has 7 nitrogen and oxygen atoms in total. The summed E-state index contributed by atoms with van der Waals surface area (Å²) in [6.45, 7) is 3.90. The molecule has 1 aromatic carbocycles. The molecule has 0 fully saturated rings. The lowest BCUT2D eigenvalue weighted by atomic mass is 10.0. The smallest absolute Gasteiger partial charge is 0.336 e. The summed E-state index contributed by atoms with van der Waals surface area (Å²) in [7, 11) is 0. The number of hydrogen-bond acceptors (Lipinski definition) is 5. The van der Waals surface area contributed by atoms with Crippen LogP contribution in [0.5, 0.6) is 5.75 Å². The Morgan fingerprint density at radius 3 is 2.77 bits per heavy atom. The maximum atomic E-state index is 11.8. The van der Waals surface area contributed by atoms with Crippen molar-refractivity contribution in [1.29, 1.82) is 0 Å². The molecule has 0 atom stereocenters. The first-order valence-electron chi connectivity index (χ1n) is 8.60. The molecule has 0 aliphatic heterocycles. The van der Waals surface area contributed by atoms with Crippen LogP contribution in [0.1, 0.15) is 37.3 Å². The Labute approximate surface area is 151 Å². The van der Waals surface area contributed by atoms with Gasteiger partial charge in [0.15, 0.2) is 6.61 Å². The van der Waals surface area contributed by atoms with Crippen LogP contribution in [0.3, 0.4) is 0 Å². The van der Waals surface area contributed by atoms with Crippen molar-refractivity contribution < 1.29 is 23.8 Å². The number of benzene rings is 1. The van der Waals surface area contributed by atoms with Crippen LogP contribution in [0.2, 0.25) is 0 Å². The minimum Gasteiger partial charge on any atom is -0.483 e. The van der Waals surface area contributed by atoms with Gasteiger partial charge in [-0.25, -0.2) is 4.79 Å². The Bertz CT molecular complexity index is 855. The summed E-state index contributed by atoms with van der Waals surface area (Å²) in [5, 5.41) is 12.0. The summed E-state index contributed by atoms with van der Waals surface area (Å²) in [5.41, 5.74) is 1.67. The number of rotatable bonds is 9. The third kappa shape index (κ3) is 5.08. The highest BCUT2D eigenvalue weighted by molar-refractivity contribution is 5.85. The Morgan fingerprint density at radius 1 is 1.31 bits per heavy atom. The highest BCUT2D eigenvalue weighted by Gasteiger charge is 2.12. The van der Waals surface area contributed by atoms with Crippen molar-refractivity contribution in [2.24, 2.45) is 0 Å². The van der Waals surface area contributed by atoms with E-state index in [9.17, 15) is 14.4 Å². The molecular weight excluding hydrogens is 338 g/mol. The van der Waals surface area contributed by atoms with E-state index in [-0.39, 0.29) is 25.5 Å². The third-order valence-electron chi connectivity index (χ3n) is 3.96. The van der Waals surface area contributed by atoms with Gasteiger partial charge in [0, 0.05) is 30.0 Å². The quantitative estimate of drug-likeness (QED) is 0.525. The second-order valence-electron chi connectivity index (χ2n) is 6.04. The van der Waals surface area contributed by atoms with E-state index in [0.29, 0.717) is 23.3 Å². The van der Waals surface area contributed by atoms with Crippen molar-refractivity contribution in [3.63, 3.8) is 0 Å². The van der Waals surface area contributed by atoms with Crippen molar-refractivity contribution in [3.05, 3.63) is 39.7 Å². The van der Waals surface area contributed by atoms with E-state index in [2.05, 4.69) is 5.32 Å². The largest absolute Gasteiger partial charge is 0.483 e. The molecule has 1 aromatic heterocycles. The number of hydrogen-bond donors (Lipinski definition) is 2. The SMILES string of the molecule is CCCc1cc(=O)oc2c(C)c(OCC(=O)NCCCC(=O)O)ccc12. The van der Waals surface area contributed by atoms with Crippen molar-refractivity contribution >= 4 is 22.8 Å². The highest BCUT2D eigenvalue weighted by Crippen LogP contribution is 2.28. The highest BCUT2D eigenvalue weighted by atomic mass is 16.5. The molecule has 1 heterocycles. The molecule has 26 heavy (non-hydrogen) atoms. The number of aryl methyl sites for hydroxylation is 2. The standard InChI is InChI=1S/C19H23NO6/c1-3-5-13-10-18(24)26-19-12(2)15(8-7-14(13)19)25-11-16(21)20-9-4-6-17(22)23/h7-8,10H,3-6,9,11H2,1-2H3,(H,20,21)(H,22,23). The lowest BCUT2D eigenvalue weighted by Gasteiger charge is -2.12. The average Bonchev–Trinajstić information content (AvgIpc) is 2.59. The summed E-state index contributed by atoms with van der Waals surface area (Å²) in [6.07, 6.45) is 2.06. The summed E-state index contributed by atoms with van der Waals surface area (Å²) in [4.78, 5) is 34.0. The van der Waals surface area contributed by atoms with E-state index >= 15 is 0 Å². The van der Waals surface area contributed by atoms with Crippen molar-refractivity contribution in [3.8, 4) is 5.75 Å². The van der Waals surface area contributed by atoms with E-state index in [1.807, 2.05) is 13.0 Å². The van der Waals surface area contributed by atoms with E-state index in [4.69, 9.17) is 14.3 Å². The van der Waals surface area contributed by atoms with Gasteiger partial charge in [-0.15, -0.1) is 0 Å². The Kier molecular flexibility index (Phi) is 6.77. The maximum Gasteiger partial charge on any atom is 0.336 e. The van der Waals surface area contributed by atoms with Gasteiger partial charge >= 0.3 is 11.6 Å². The Balaban J connectivity index is 2.06. The van der Waals surface area contributed by atoms with Crippen molar-refractivity contribution in [2.75, 3.05) is 13.2 Å².